The Labute approximate surface area is 121 Å². The molecule has 0 fully saturated rings. The van der Waals surface area contributed by atoms with E-state index in [2.05, 4.69) is 34.0 Å². The highest BCUT2D eigenvalue weighted by Crippen LogP contribution is 2.20. The zero-order valence-corrected chi connectivity index (χ0v) is 13.8. The molecular weight excluding hydrogens is 317 g/mol. The molecule has 0 radical (unpaired) electrons. The lowest BCUT2D eigenvalue weighted by atomic mass is 10.2. The van der Waals surface area contributed by atoms with Gasteiger partial charge < -0.3 is 4.55 Å². The van der Waals surface area contributed by atoms with Crippen LogP contribution in [0.3, 0.4) is 0 Å². The van der Waals surface area contributed by atoms with Gasteiger partial charge in [0.25, 0.3) is 0 Å². The first-order valence-corrected chi connectivity index (χ1v) is 9.00. The molecule has 0 amide bonds. The fourth-order valence-corrected chi connectivity index (χ4v) is 1.87. The van der Waals surface area contributed by atoms with Gasteiger partial charge in [-0.15, -0.1) is 0 Å². The fraction of sp³-hybridized carbons (Fsp3) is 0.909. The standard InChI is InChI=1S/C10H21OS.CHF3O3S/c1-6-7-9(11)8-12(5)10(2,3)4;2-1(3,4)8(5,6)7/h6-8H2,1-5H3;(H,5,6,7)/q+1;/p-1. The van der Waals surface area contributed by atoms with Crippen molar-refractivity contribution in [3.05, 3.63) is 0 Å². The van der Waals surface area contributed by atoms with Gasteiger partial charge in [0.05, 0.1) is 6.26 Å². The van der Waals surface area contributed by atoms with E-state index in [4.69, 9.17) is 13.0 Å². The number of hydrogen-bond acceptors (Lipinski definition) is 4. The molecule has 0 rings (SSSR count). The highest BCUT2D eigenvalue weighted by molar-refractivity contribution is 7.98. The summed E-state index contributed by atoms with van der Waals surface area (Å²) in [4.78, 5) is 11.3. The monoisotopic (exact) mass is 338 g/mol. The van der Waals surface area contributed by atoms with Crippen LogP contribution in [-0.2, 0) is 25.8 Å². The van der Waals surface area contributed by atoms with E-state index in [0.717, 1.165) is 18.6 Å². The van der Waals surface area contributed by atoms with E-state index < -0.39 is 15.6 Å². The Morgan fingerprint density at radius 1 is 1.20 bits per heavy atom. The largest absolute Gasteiger partial charge is 0.741 e. The SMILES string of the molecule is CCCC(=O)C[S+](C)C(C)(C)C.O=S(=O)([O-])C(F)(F)F. The van der Waals surface area contributed by atoms with Gasteiger partial charge in [-0.05, 0) is 38.1 Å². The third kappa shape index (κ3) is 10.5. The van der Waals surface area contributed by atoms with E-state index in [0.29, 0.717) is 10.5 Å². The van der Waals surface area contributed by atoms with Crippen molar-refractivity contribution in [2.45, 2.75) is 50.8 Å². The predicted octanol–water partition coefficient (Wildman–Crippen LogP) is 2.45. The van der Waals surface area contributed by atoms with Crippen molar-refractivity contribution >= 4 is 26.8 Å². The van der Waals surface area contributed by atoms with Crippen LogP contribution in [0.25, 0.3) is 0 Å². The van der Waals surface area contributed by atoms with Crippen LogP contribution in [0.15, 0.2) is 0 Å². The topological polar surface area (TPSA) is 74.3 Å². The molecule has 0 aliphatic carbocycles. The van der Waals surface area contributed by atoms with Gasteiger partial charge in [0.15, 0.2) is 21.7 Å². The predicted molar refractivity (Wildman–Crippen MR) is 73.6 cm³/mol. The number of carbonyl (C=O) groups is 1. The average molecular weight is 338 g/mol. The minimum absolute atomic E-state index is 0.232. The molecule has 0 bridgehead atoms. The van der Waals surface area contributed by atoms with Gasteiger partial charge in [-0.1, -0.05) is 6.92 Å². The van der Waals surface area contributed by atoms with Crippen LogP contribution in [0.2, 0.25) is 0 Å². The van der Waals surface area contributed by atoms with E-state index in [-0.39, 0.29) is 10.9 Å². The van der Waals surface area contributed by atoms with Crippen molar-refractivity contribution in [3.63, 3.8) is 0 Å². The number of halogens is 3. The van der Waals surface area contributed by atoms with E-state index >= 15 is 0 Å². The summed E-state index contributed by atoms with van der Waals surface area (Å²) in [5, 5.41) is 0. The van der Waals surface area contributed by atoms with Crippen molar-refractivity contribution in [1.29, 1.82) is 0 Å². The van der Waals surface area contributed by atoms with Gasteiger partial charge in [0.2, 0.25) is 0 Å². The van der Waals surface area contributed by atoms with Crippen LogP contribution in [0, 0.1) is 0 Å². The number of rotatable bonds is 4. The van der Waals surface area contributed by atoms with E-state index in [1.54, 1.807) is 0 Å². The molecule has 0 spiro atoms. The smallest absolute Gasteiger partial charge is 0.485 e. The molecule has 0 heterocycles. The second kappa shape index (κ2) is 8.23. The summed E-state index contributed by atoms with van der Waals surface area (Å²) in [5.74, 6) is 1.20. The van der Waals surface area contributed by atoms with E-state index in [1.807, 2.05) is 0 Å². The molecule has 0 saturated carbocycles. The van der Waals surface area contributed by atoms with Crippen molar-refractivity contribution in [3.8, 4) is 0 Å². The number of alkyl halides is 3. The van der Waals surface area contributed by atoms with Gasteiger partial charge in [-0.25, -0.2) is 8.42 Å². The third-order valence-electron chi connectivity index (χ3n) is 2.24. The van der Waals surface area contributed by atoms with Crippen LogP contribution in [0.4, 0.5) is 13.2 Å². The maximum atomic E-state index is 11.3. The molecule has 9 heteroatoms. The van der Waals surface area contributed by atoms with Crippen LogP contribution in [-0.4, -0.2) is 41.0 Å². The van der Waals surface area contributed by atoms with Crippen molar-refractivity contribution in [2.24, 2.45) is 0 Å². The summed E-state index contributed by atoms with van der Waals surface area (Å²) in [6.07, 6.45) is 3.93. The summed E-state index contributed by atoms with van der Waals surface area (Å²) < 4.78 is 59.2. The highest BCUT2D eigenvalue weighted by Gasteiger charge is 2.37. The second-order valence-corrected chi connectivity index (χ2v) is 9.24. The van der Waals surface area contributed by atoms with Gasteiger partial charge in [0, 0.05) is 6.42 Å². The lowest BCUT2D eigenvalue weighted by Gasteiger charge is -2.17. The zero-order valence-electron chi connectivity index (χ0n) is 12.2. The van der Waals surface area contributed by atoms with Crippen molar-refractivity contribution < 1.29 is 30.9 Å². The quantitative estimate of drug-likeness (QED) is 0.448. The molecule has 0 aliphatic rings. The molecule has 20 heavy (non-hydrogen) atoms. The minimum Gasteiger partial charge on any atom is -0.741 e. The average Bonchev–Trinajstić information content (AvgIpc) is 2.13. The first-order chi connectivity index (χ1) is 8.63. The van der Waals surface area contributed by atoms with Crippen LogP contribution >= 0.6 is 0 Å². The van der Waals surface area contributed by atoms with E-state index in [9.17, 15) is 18.0 Å². The number of carbonyl (C=O) groups excluding carboxylic acids is 1. The van der Waals surface area contributed by atoms with Gasteiger partial charge in [-0.3, -0.25) is 4.79 Å². The summed E-state index contributed by atoms with van der Waals surface area (Å²) in [7, 11) is -5.86. The number of Topliss-reactive ketones (excluding diaryl/α,β-unsaturated/α-hetero) is 1. The van der Waals surface area contributed by atoms with Gasteiger partial charge in [-0.2, -0.15) is 13.2 Å². The van der Waals surface area contributed by atoms with E-state index in [1.165, 1.54) is 0 Å². The Balaban J connectivity index is 0. The molecule has 0 aromatic heterocycles. The fourth-order valence-electron chi connectivity index (χ4n) is 0.809. The Morgan fingerprint density at radius 2 is 1.55 bits per heavy atom. The normalized spacial score (nSPS) is 14.2. The second-order valence-electron chi connectivity index (χ2n) is 5.08. The molecule has 0 aromatic rings. The summed E-state index contributed by atoms with van der Waals surface area (Å²) >= 11 is 0. The van der Waals surface area contributed by atoms with Crippen molar-refractivity contribution in [2.75, 3.05) is 12.0 Å². The zero-order chi connectivity index (χ0) is 16.8. The molecule has 0 aliphatic heterocycles. The number of ketones is 1. The van der Waals surface area contributed by atoms with Gasteiger partial charge >= 0.3 is 5.51 Å². The lowest BCUT2D eigenvalue weighted by molar-refractivity contribution is -0.116. The Hall–Kier alpha value is -0.280. The first kappa shape index (κ1) is 22.0. The Morgan fingerprint density at radius 3 is 1.75 bits per heavy atom. The molecule has 4 nitrogen and oxygen atoms in total. The lowest BCUT2D eigenvalue weighted by Crippen LogP contribution is -2.32. The first-order valence-electron chi connectivity index (χ1n) is 5.79. The molecule has 1 unspecified atom stereocenters. The number of hydrogen-bond donors (Lipinski definition) is 0. The molecule has 122 valence electrons. The molecule has 0 N–H and O–H groups in total. The maximum absolute atomic E-state index is 11.3. The molecular formula is C11H21F3O4S2. The molecule has 0 saturated heterocycles. The van der Waals surface area contributed by atoms with Crippen LogP contribution in [0.1, 0.15) is 40.5 Å². The highest BCUT2D eigenvalue weighted by atomic mass is 32.2. The summed E-state index contributed by atoms with van der Waals surface area (Å²) in [6.45, 7) is 8.67. The van der Waals surface area contributed by atoms with Crippen LogP contribution in [0.5, 0.6) is 0 Å². The van der Waals surface area contributed by atoms with Crippen LogP contribution < -0.4 is 0 Å². The van der Waals surface area contributed by atoms with Gasteiger partial charge in [0.1, 0.15) is 4.75 Å². The third-order valence-corrected chi connectivity index (χ3v) is 5.65. The summed E-state index contributed by atoms with van der Waals surface area (Å²) in [6, 6.07) is 0. The van der Waals surface area contributed by atoms with Crippen molar-refractivity contribution in [1.82, 2.24) is 0 Å². The minimum atomic E-state index is -6.09. The molecule has 1 atom stereocenters. The molecule has 0 aromatic carbocycles. The maximum Gasteiger partial charge on any atom is 0.485 e. The summed E-state index contributed by atoms with van der Waals surface area (Å²) in [5.41, 5.74) is -5.65. The Bertz CT molecular complexity index is 397. The Kier molecular flexibility index (Phi) is 9.06.